The van der Waals surface area contributed by atoms with Crippen LogP contribution in [0.4, 0.5) is 11.4 Å². The van der Waals surface area contributed by atoms with Crippen LogP contribution in [0.3, 0.4) is 0 Å². The van der Waals surface area contributed by atoms with Crippen molar-refractivity contribution in [2.24, 2.45) is 0 Å². The minimum Gasteiger partial charge on any atom is -0.493 e. The average molecular weight is 608 g/mol. The van der Waals surface area contributed by atoms with E-state index in [1.165, 1.54) is 30.9 Å². The van der Waals surface area contributed by atoms with Gasteiger partial charge in [0, 0.05) is 22.6 Å². The summed E-state index contributed by atoms with van der Waals surface area (Å²) in [6, 6.07) is 29.5. The van der Waals surface area contributed by atoms with Crippen molar-refractivity contribution < 1.29 is 28.7 Å². The van der Waals surface area contributed by atoms with Gasteiger partial charge in [-0.15, -0.1) is 11.8 Å². The molecule has 222 valence electrons. The number of hydrogen-bond acceptors (Lipinski definition) is 7. The number of nitrogens with one attached hydrogen (secondary N) is 2. The van der Waals surface area contributed by atoms with Gasteiger partial charge in [0.25, 0.3) is 11.8 Å². The third-order valence-corrected chi connectivity index (χ3v) is 7.95. The number of carbonyl (C=O) groups is 4. The molecule has 1 heterocycles. The average Bonchev–Trinajstić information content (AvgIpc) is 3.33. The molecule has 1 aliphatic heterocycles. The lowest BCUT2D eigenvalue weighted by Gasteiger charge is -2.15. The van der Waals surface area contributed by atoms with Crippen LogP contribution in [-0.2, 0) is 14.4 Å². The second-order valence-corrected chi connectivity index (χ2v) is 11.0. The highest BCUT2D eigenvalue weighted by molar-refractivity contribution is 8.00. The number of carbonyl (C=O) groups excluding carboxylic acids is 4. The molecule has 4 aromatic carbocycles. The fourth-order valence-corrected chi connectivity index (χ4v) is 5.63. The van der Waals surface area contributed by atoms with Crippen molar-refractivity contribution in [1.29, 1.82) is 0 Å². The maximum atomic E-state index is 13.4. The van der Waals surface area contributed by atoms with E-state index in [0.717, 1.165) is 4.90 Å². The minimum absolute atomic E-state index is 0.0144. The molecular weight excluding hydrogens is 578 g/mol. The third kappa shape index (κ3) is 6.99. The number of thioether (sulfide) groups is 1. The number of imide groups is 1. The van der Waals surface area contributed by atoms with E-state index in [9.17, 15) is 19.2 Å². The molecule has 2 N–H and O–H groups in total. The topological polar surface area (TPSA) is 114 Å². The van der Waals surface area contributed by atoms with Crippen molar-refractivity contribution in [3.63, 3.8) is 0 Å². The molecule has 0 saturated carbocycles. The summed E-state index contributed by atoms with van der Waals surface area (Å²) in [6.07, 6.45) is 1.64. The molecule has 0 spiro atoms. The number of para-hydroxylation sites is 1. The van der Waals surface area contributed by atoms with Crippen molar-refractivity contribution in [3.05, 3.63) is 120 Å². The second kappa shape index (κ2) is 13.7. The van der Waals surface area contributed by atoms with Crippen molar-refractivity contribution in [1.82, 2.24) is 5.32 Å². The molecule has 1 atom stereocenters. The van der Waals surface area contributed by atoms with Gasteiger partial charge in [0.05, 0.1) is 25.2 Å². The summed E-state index contributed by atoms with van der Waals surface area (Å²) < 4.78 is 10.7. The van der Waals surface area contributed by atoms with E-state index in [1.807, 2.05) is 6.07 Å². The van der Waals surface area contributed by atoms with Gasteiger partial charge >= 0.3 is 0 Å². The lowest BCUT2D eigenvalue weighted by molar-refractivity contribution is -0.121. The van der Waals surface area contributed by atoms with E-state index in [4.69, 9.17) is 9.47 Å². The summed E-state index contributed by atoms with van der Waals surface area (Å²) in [5, 5.41) is 4.98. The van der Waals surface area contributed by atoms with Crippen LogP contribution in [-0.4, -0.2) is 43.1 Å². The fourth-order valence-electron chi connectivity index (χ4n) is 4.58. The summed E-state index contributed by atoms with van der Waals surface area (Å²) in [4.78, 5) is 54.0. The third-order valence-electron chi connectivity index (χ3n) is 6.76. The van der Waals surface area contributed by atoms with Gasteiger partial charge in [0.1, 0.15) is 5.70 Å². The molecule has 44 heavy (non-hydrogen) atoms. The smallest absolute Gasteiger partial charge is 0.272 e. The Morgan fingerprint density at radius 1 is 0.841 bits per heavy atom. The molecule has 0 bridgehead atoms. The summed E-state index contributed by atoms with van der Waals surface area (Å²) in [5.74, 6) is -0.494. The molecule has 4 aromatic rings. The van der Waals surface area contributed by atoms with Crippen LogP contribution < -0.4 is 25.0 Å². The van der Waals surface area contributed by atoms with Gasteiger partial charge in [-0.25, -0.2) is 4.90 Å². The number of anilines is 2. The Kier molecular flexibility index (Phi) is 9.41. The van der Waals surface area contributed by atoms with E-state index >= 15 is 0 Å². The van der Waals surface area contributed by atoms with Crippen LogP contribution in [0.25, 0.3) is 6.08 Å². The Morgan fingerprint density at radius 2 is 1.50 bits per heavy atom. The molecule has 1 unspecified atom stereocenters. The lowest BCUT2D eigenvalue weighted by Crippen LogP contribution is -2.31. The summed E-state index contributed by atoms with van der Waals surface area (Å²) in [7, 11) is 3.04. The maximum absolute atomic E-state index is 13.4. The van der Waals surface area contributed by atoms with Crippen LogP contribution in [0.5, 0.6) is 11.5 Å². The highest BCUT2D eigenvalue weighted by Gasteiger charge is 2.40. The SMILES string of the molecule is COc1ccc(/C=C(\NC(=O)c2ccccc2)C(=O)Nc2ccc(SC3CC(=O)N(c4ccccc4)C3=O)cc2)cc1OC. The Bertz CT molecular complexity index is 1710. The van der Waals surface area contributed by atoms with Gasteiger partial charge in [0.2, 0.25) is 11.8 Å². The van der Waals surface area contributed by atoms with Gasteiger partial charge in [-0.1, -0.05) is 42.5 Å². The molecule has 10 heteroatoms. The van der Waals surface area contributed by atoms with Gasteiger partial charge in [-0.05, 0) is 72.3 Å². The molecule has 0 aromatic heterocycles. The predicted octanol–water partition coefficient (Wildman–Crippen LogP) is 5.54. The number of amides is 4. The zero-order chi connectivity index (χ0) is 31.1. The zero-order valence-corrected chi connectivity index (χ0v) is 24.8. The van der Waals surface area contributed by atoms with Gasteiger partial charge in [-0.3, -0.25) is 19.2 Å². The van der Waals surface area contributed by atoms with Crippen LogP contribution in [0, 0.1) is 0 Å². The van der Waals surface area contributed by atoms with Gasteiger partial charge < -0.3 is 20.1 Å². The van der Waals surface area contributed by atoms with E-state index < -0.39 is 17.1 Å². The number of rotatable bonds is 10. The molecule has 0 radical (unpaired) electrons. The normalized spacial score (nSPS) is 14.7. The van der Waals surface area contributed by atoms with Gasteiger partial charge in [-0.2, -0.15) is 0 Å². The quantitative estimate of drug-likeness (QED) is 0.180. The maximum Gasteiger partial charge on any atom is 0.272 e. The van der Waals surface area contributed by atoms with Crippen LogP contribution in [0.2, 0.25) is 0 Å². The number of hydrogen-bond donors (Lipinski definition) is 2. The monoisotopic (exact) mass is 607 g/mol. The molecule has 0 aliphatic carbocycles. The first-order valence-corrected chi connectivity index (χ1v) is 14.5. The second-order valence-electron chi connectivity index (χ2n) is 9.68. The van der Waals surface area contributed by atoms with E-state index in [1.54, 1.807) is 103 Å². The molecule has 4 amide bonds. The van der Waals surface area contributed by atoms with Crippen LogP contribution in [0.15, 0.2) is 114 Å². The first kappa shape index (κ1) is 30.1. The number of ether oxygens (including phenoxy) is 2. The Balaban J connectivity index is 1.31. The van der Waals surface area contributed by atoms with Crippen molar-refractivity contribution in [3.8, 4) is 11.5 Å². The van der Waals surface area contributed by atoms with E-state index in [2.05, 4.69) is 10.6 Å². The van der Waals surface area contributed by atoms with Crippen molar-refractivity contribution in [2.75, 3.05) is 24.4 Å². The molecular formula is C34H29N3O6S. The summed E-state index contributed by atoms with van der Waals surface area (Å²) in [6.45, 7) is 0. The highest BCUT2D eigenvalue weighted by Crippen LogP contribution is 2.34. The highest BCUT2D eigenvalue weighted by atomic mass is 32.2. The molecule has 1 fully saturated rings. The fraction of sp³-hybridized carbons (Fsp3) is 0.118. The number of benzene rings is 4. The Labute approximate surface area is 258 Å². The van der Waals surface area contributed by atoms with Gasteiger partial charge in [0.15, 0.2) is 11.5 Å². The lowest BCUT2D eigenvalue weighted by atomic mass is 10.1. The standard InChI is InChI=1S/C34H29N3O6S/c1-42-28-18-13-22(20-29(28)43-2)19-27(36-32(39)23-9-5-3-6-10-23)33(40)35-24-14-16-26(17-15-24)44-30-21-31(38)37(34(30)41)25-11-7-4-8-12-25/h3-20,30H,21H2,1-2H3,(H,35,40)(H,36,39)/b27-19-. The van der Waals surface area contributed by atoms with Crippen molar-refractivity contribution >= 4 is 52.8 Å². The van der Waals surface area contributed by atoms with Crippen molar-refractivity contribution in [2.45, 2.75) is 16.6 Å². The number of methoxy groups -OCH3 is 2. The predicted molar refractivity (Wildman–Crippen MR) is 170 cm³/mol. The van der Waals surface area contributed by atoms with Crippen LogP contribution >= 0.6 is 11.8 Å². The Morgan fingerprint density at radius 3 is 2.16 bits per heavy atom. The zero-order valence-electron chi connectivity index (χ0n) is 24.0. The first-order chi connectivity index (χ1) is 21.4. The molecule has 1 saturated heterocycles. The Hall–Kier alpha value is -5.35. The van der Waals surface area contributed by atoms with Crippen LogP contribution in [0.1, 0.15) is 22.3 Å². The summed E-state index contributed by atoms with van der Waals surface area (Å²) in [5.41, 5.74) is 2.05. The first-order valence-electron chi connectivity index (χ1n) is 13.7. The molecule has 1 aliphatic rings. The minimum atomic E-state index is -0.549. The number of nitrogens with zero attached hydrogens (tertiary/aromatic N) is 1. The molecule has 5 rings (SSSR count). The van der Waals surface area contributed by atoms with E-state index in [-0.39, 0.29) is 23.9 Å². The van der Waals surface area contributed by atoms with E-state index in [0.29, 0.717) is 34.0 Å². The molecule has 9 nitrogen and oxygen atoms in total. The largest absolute Gasteiger partial charge is 0.493 e. The summed E-state index contributed by atoms with van der Waals surface area (Å²) >= 11 is 1.29.